The Balaban J connectivity index is 2.19. The predicted octanol–water partition coefficient (Wildman–Crippen LogP) is 0.755. The average Bonchev–Trinajstić information content (AvgIpc) is 2.75. The molecule has 0 radical (unpaired) electrons. The van der Waals surface area contributed by atoms with E-state index in [-0.39, 0.29) is 12.5 Å². The summed E-state index contributed by atoms with van der Waals surface area (Å²) < 4.78 is 1.88. The Kier molecular flexibility index (Phi) is 3.39. The quantitative estimate of drug-likeness (QED) is 0.766. The van der Waals surface area contributed by atoms with Crippen LogP contribution in [-0.4, -0.2) is 33.6 Å². The van der Waals surface area contributed by atoms with Crippen molar-refractivity contribution in [1.29, 1.82) is 0 Å². The second-order valence-electron chi connectivity index (χ2n) is 3.85. The number of carbonyl (C=O) groups excluding carboxylic acids is 1. The summed E-state index contributed by atoms with van der Waals surface area (Å²) in [5.41, 5.74) is 2.19. The molecule has 90 valence electrons. The summed E-state index contributed by atoms with van der Waals surface area (Å²) in [6, 6.07) is 5.73. The van der Waals surface area contributed by atoms with Gasteiger partial charge < -0.3 is 14.8 Å². The van der Waals surface area contributed by atoms with E-state index in [9.17, 15) is 4.79 Å². The van der Waals surface area contributed by atoms with E-state index < -0.39 is 0 Å². The molecule has 0 atom stereocenters. The number of aromatic nitrogens is 2. The van der Waals surface area contributed by atoms with Gasteiger partial charge in [0.15, 0.2) is 0 Å². The number of nitrogens with one attached hydrogen (secondary N) is 1. The third-order valence-corrected chi connectivity index (χ3v) is 2.55. The Bertz CT molecular complexity index is 534. The first kappa shape index (κ1) is 11.6. The summed E-state index contributed by atoms with van der Waals surface area (Å²) in [6.07, 6.45) is 2.27. The summed E-state index contributed by atoms with van der Waals surface area (Å²) in [7, 11) is 0. The fourth-order valence-electron chi connectivity index (χ4n) is 1.63. The van der Waals surface area contributed by atoms with Gasteiger partial charge in [0.1, 0.15) is 11.3 Å². The van der Waals surface area contributed by atoms with Gasteiger partial charge in [-0.25, -0.2) is 4.98 Å². The second kappa shape index (κ2) is 4.97. The molecule has 5 nitrogen and oxygen atoms in total. The number of hydrogen-bond acceptors (Lipinski definition) is 3. The Hall–Kier alpha value is -1.88. The highest BCUT2D eigenvalue weighted by atomic mass is 16.3. The van der Waals surface area contributed by atoms with E-state index in [0.29, 0.717) is 18.7 Å². The van der Waals surface area contributed by atoms with Crippen LogP contribution in [-0.2, 0) is 0 Å². The zero-order chi connectivity index (χ0) is 12.3. The van der Waals surface area contributed by atoms with Crippen molar-refractivity contribution < 1.29 is 9.90 Å². The van der Waals surface area contributed by atoms with Gasteiger partial charge in [0, 0.05) is 25.0 Å². The number of aliphatic hydroxyl groups excluding tert-OH is 1. The van der Waals surface area contributed by atoms with Crippen LogP contribution in [0.15, 0.2) is 24.4 Å². The van der Waals surface area contributed by atoms with Gasteiger partial charge >= 0.3 is 0 Å². The molecule has 0 fully saturated rings. The Morgan fingerprint density at radius 1 is 1.53 bits per heavy atom. The fourth-order valence-corrected chi connectivity index (χ4v) is 1.63. The maximum atomic E-state index is 11.7. The van der Waals surface area contributed by atoms with Crippen LogP contribution in [0.1, 0.15) is 22.6 Å². The van der Waals surface area contributed by atoms with Crippen molar-refractivity contribution in [3.63, 3.8) is 0 Å². The SMILES string of the molecule is Cc1cccc2nc(C(=O)NCCCO)cn12. The van der Waals surface area contributed by atoms with Gasteiger partial charge in [0.25, 0.3) is 5.91 Å². The molecule has 2 N–H and O–H groups in total. The lowest BCUT2D eigenvalue weighted by atomic mass is 10.4. The van der Waals surface area contributed by atoms with Crippen molar-refractivity contribution in [3.05, 3.63) is 35.8 Å². The van der Waals surface area contributed by atoms with Crippen molar-refractivity contribution in [1.82, 2.24) is 14.7 Å². The maximum absolute atomic E-state index is 11.7. The van der Waals surface area contributed by atoms with E-state index in [2.05, 4.69) is 10.3 Å². The molecule has 0 spiro atoms. The zero-order valence-corrected chi connectivity index (χ0v) is 9.68. The van der Waals surface area contributed by atoms with Gasteiger partial charge in [0.05, 0.1) is 0 Å². The number of imidazole rings is 1. The van der Waals surface area contributed by atoms with Crippen molar-refractivity contribution in [2.75, 3.05) is 13.2 Å². The minimum Gasteiger partial charge on any atom is -0.396 e. The zero-order valence-electron chi connectivity index (χ0n) is 9.68. The molecule has 0 saturated heterocycles. The van der Waals surface area contributed by atoms with Crippen LogP contribution in [0.4, 0.5) is 0 Å². The largest absolute Gasteiger partial charge is 0.396 e. The van der Waals surface area contributed by atoms with Crippen LogP contribution in [0.2, 0.25) is 0 Å². The number of aryl methyl sites for hydroxylation is 1. The number of pyridine rings is 1. The molecule has 2 rings (SSSR count). The van der Waals surface area contributed by atoms with E-state index >= 15 is 0 Å². The van der Waals surface area contributed by atoms with E-state index in [4.69, 9.17) is 5.11 Å². The van der Waals surface area contributed by atoms with Crippen molar-refractivity contribution in [2.24, 2.45) is 0 Å². The lowest BCUT2D eigenvalue weighted by molar-refractivity contribution is 0.0947. The number of amides is 1. The molecule has 5 heteroatoms. The minimum absolute atomic E-state index is 0.0740. The van der Waals surface area contributed by atoms with E-state index in [1.54, 1.807) is 6.20 Å². The highest BCUT2D eigenvalue weighted by Crippen LogP contribution is 2.08. The van der Waals surface area contributed by atoms with Gasteiger partial charge in [-0.05, 0) is 25.5 Å². The Morgan fingerprint density at radius 2 is 2.35 bits per heavy atom. The van der Waals surface area contributed by atoms with Crippen LogP contribution in [0.5, 0.6) is 0 Å². The minimum atomic E-state index is -0.207. The molecule has 0 aromatic carbocycles. The summed E-state index contributed by atoms with van der Waals surface area (Å²) in [6.45, 7) is 2.49. The first-order valence-corrected chi connectivity index (χ1v) is 5.56. The number of hydrogen-bond donors (Lipinski definition) is 2. The van der Waals surface area contributed by atoms with E-state index in [0.717, 1.165) is 11.3 Å². The smallest absolute Gasteiger partial charge is 0.271 e. The number of nitrogens with zero attached hydrogens (tertiary/aromatic N) is 2. The first-order chi connectivity index (χ1) is 8.22. The Labute approximate surface area is 99.1 Å². The average molecular weight is 233 g/mol. The lowest BCUT2D eigenvalue weighted by Gasteiger charge is -1.99. The van der Waals surface area contributed by atoms with Crippen LogP contribution in [0.25, 0.3) is 5.65 Å². The van der Waals surface area contributed by atoms with Gasteiger partial charge in [-0.2, -0.15) is 0 Å². The van der Waals surface area contributed by atoms with Crippen LogP contribution in [0.3, 0.4) is 0 Å². The third-order valence-electron chi connectivity index (χ3n) is 2.55. The van der Waals surface area contributed by atoms with Gasteiger partial charge in [0.2, 0.25) is 0 Å². The topological polar surface area (TPSA) is 66.6 Å². The molecule has 0 aliphatic carbocycles. The molecule has 0 bridgehead atoms. The second-order valence-corrected chi connectivity index (χ2v) is 3.85. The molecule has 0 aliphatic rings. The van der Waals surface area contributed by atoms with Crippen molar-refractivity contribution in [3.8, 4) is 0 Å². The highest BCUT2D eigenvalue weighted by Gasteiger charge is 2.10. The molecule has 2 aromatic heterocycles. The highest BCUT2D eigenvalue weighted by molar-refractivity contribution is 5.92. The lowest BCUT2D eigenvalue weighted by Crippen LogP contribution is -2.25. The molecule has 17 heavy (non-hydrogen) atoms. The van der Waals surface area contributed by atoms with Gasteiger partial charge in [-0.15, -0.1) is 0 Å². The number of rotatable bonds is 4. The molecule has 2 aromatic rings. The number of fused-ring (bicyclic) bond motifs is 1. The first-order valence-electron chi connectivity index (χ1n) is 5.56. The molecule has 0 unspecified atom stereocenters. The predicted molar refractivity (Wildman–Crippen MR) is 64.0 cm³/mol. The normalized spacial score (nSPS) is 10.7. The van der Waals surface area contributed by atoms with E-state index in [1.165, 1.54) is 0 Å². The number of aliphatic hydroxyl groups is 1. The molecule has 1 amide bonds. The summed E-state index contributed by atoms with van der Waals surface area (Å²) in [5.74, 6) is -0.207. The summed E-state index contributed by atoms with van der Waals surface area (Å²) in [5, 5.41) is 11.3. The Morgan fingerprint density at radius 3 is 3.06 bits per heavy atom. The van der Waals surface area contributed by atoms with Crippen LogP contribution >= 0.6 is 0 Å². The summed E-state index contributed by atoms with van der Waals surface area (Å²) >= 11 is 0. The maximum Gasteiger partial charge on any atom is 0.271 e. The molecule has 2 heterocycles. The standard InChI is InChI=1S/C12H15N3O2/c1-9-4-2-5-11-14-10(8-15(9)11)12(17)13-6-3-7-16/h2,4-5,8,16H,3,6-7H2,1H3,(H,13,17). The monoisotopic (exact) mass is 233 g/mol. The van der Waals surface area contributed by atoms with Crippen molar-refractivity contribution >= 4 is 11.6 Å². The fraction of sp³-hybridized carbons (Fsp3) is 0.333. The molecule has 0 aliphatic heterocycles. The van der Waals surface area contributed by atoms with Gasteiger partial charge in [-0.3, -0.25) is 4.79 Å². The van der Waals surface area contributed by atoms with Gasteiger partial charge in [-0.1, -0.05) is 6.07 Å². The van der Waals surface area contributed by atoms with Crippen LogP contribution in [0, 0.1) is 6.92 Å². The van der Waals surface area contributed by atoms with E-state index in [1.807, 2.05) is 29.5 Å². The molecular weight excluding hydrogens is 218 g/mol. The van der Waals surface area contributed by atoms with Crippen LogP contribution < -0.4 is 5.32 Å². The third kappa shape index (κ3) is 2.45. The molecular formula is C12H15N3O2. The summed E-state index contributed by atoms with van der Waals surface area (Å²) in [4.78, 5) is 16.0. The number of carbonyl (C=O) groups is 1. The molecule has 0 saturated carbocycles. The van der Waals surface area contributed by atoms with Crippen molar-refractivity contribution in [2.45, 2.75) is 13.3 Å².